The monoisotopic (exact) mass is 232 g/mol. The molecule has 1 amide bonds. The summed E-state index contributed by atoms with van der Waals surface area (Å²) in [5.41, 5.74) is 2.84. The average Bonchev–Trinajstić information content (AvgIpc) is 2.26. The highest BCUT2D eigenvalue weighted by Crippen LogP contribution is 2.25. The molecule has 0 aliphatic heterocycles. The minimum absolute atomic E-state index is 0.0528. The fraction of sp³-hybridized carbons (Fsp3) is 0.500. The van der Waals surface area contributed by atoms with E-state index in [4.69, 9.17) is 0 Å². The normalized spacial score (nSPS) is 15.2. The van der Waals surface area contributed by atoms with Crippen LogP contribution in [0.5, 0.6) is 0 Å². The van der Waals surface area contributed by atoms with E-state index in [1.165, 1.54) is 19.3 Å². The molecule has 0 radical (unpaired) electrons. The number of carbonyl (C=O) groups is 1. The summed E-state index contributed by atoms with van der Waals surface area (Å²) in [6.07, 6.45) is 3.84. The minimum Gasteiger partial charge on any atom is -0.388 e. The number of carbonyl (C=O) groups excluding carboxylic acids is 1. The first kappa shape index (κ1) is 12.0. The number of anilines is 1. The molecule has 0 unspecified atom stereocenters. The van der Waals surface area contributed by atoms with Crippen LogP contribution in [0.25, 0.3) is 0 Å². The zero-order chi connectivity index (χ0) is 12.3. The van der Waals surface area contributed by atoms with E-state index >= 15 is 0 Å². The van der Waals surface area contributed by atoms with Gasteiger partial charge in [-0.05, 0) is 49.4 Å². The first-order valence-corrected chi connectivity index (χ1v) is 6.27. The van der Waals surface area contributed by atoms with Crippen LogP contribution in [-0.2, 0) is 0 Å². The Morgan fingerprint density at radius 3 is 2.71 bits per heavy atom. The second-order valence-electron chi connectivity index (χ2n) is 4.79. The topological polar surface area (TPSA) is 41.1 Å². The summed E-state index contributed by atoms with van der Waals surface area (Å²) < 4.78 is 0. The number of hydrogen-bond donors (Lipinski definition) is 2. The lowest BCUT2D eigenvalue weighted by Crippen LogP contribution is -2.32. The highest BCUT2D eigenvalue weighted by atomic mass is 16.1. The van der Waals surface area contributed by atoms with Crippen LogP contribution in [0, 0.1) is 12.8 Å². The van der Waals surface area contributed by atoms with Gasteiger partial charge in [-0.25, -0.2) is 0 Å². The fourth-order valence-corrected chi connectivity index (χ4v) is 2.10. The Balaban J connectivity index is 1.97. The summed E-state index contributed by atoms with van der Waals surface area (Å²) in [6, 6.07) is 5.82. The number of nitrogens with one attached hydrogen (secondary N) is 2. The summed E-state index contributed by atoms with van der Waals surface area (Å²) in [6.45, 7) is 2.80. The second-order valence-corrected chi connectivity index (χ2v) is 4.79. The molecule has 0 saturated heterocycles. The van der Waals surface area contributed by atoms with E-state index in [0.717, 1.165) is 23.4 Å². The molecule has 0 bridgehead atoms. The van der Waals surface area contributed by atoms with Gasteiger partial charge in [0, 0.05) is 24.8 Å². The Hall–Kier alpha value is -1.51. The number of benzene rings is 1. The Labute approximate surface area is 103 Å². The SMILES string of the molecule is CNc1ccc(C(=O)NCC2CCC2)c(C)c1. The van der Waals surface area contributed by atoms with Crippen molar-refractivity contribution in [2.24, 2.45) is 5.92 Å². The maximum Gasteiger partial charge on any atom is 0.251 e. The van der Waals surface area contributed by atoms with E-state index < -0.39 is 0 Å². The molecule has 0 spiro atoms. The van der Waals surface area contributed by atoms with E-state index in [1.807, 2.05) is 32.2 Å². The number of rotatable bonds is 4. The van der Waals surface area contributed by atoms with Crippen molar-refractivity contribution in [1.29, 1.82) is 0 Å². The summed E-state index contributed by atoms with van der Waals surface area (Å²) in [7, 11) is 1.88. The van der Waals surface area contributed by atoms with Crippen LogP contribution < -0.4 is 10.6 Å². The molecule has 1 aromatic rings. The molecule has 0 heterocycles. The molecule has 3 nitrogen and oxygen atoms in total. The van der Waals surface area contributed by atoms with Gasteiger partial charge in [0.25, 0.3) is 5.91 Å². The minimum atomic E-state index is 0.0528. The van der Waals surface area contributed by atoms with Gasteiger partial charge in [-0.3, -0.25) is 4.79 Å². The molecular weight excluding hydrogens is 212 g/mol. The van der Waals surface area contributed by atoms with Crippen LogP contribution in [0.4, 0.5) is 5.69 Å². The molecular formula is C14H20N2O. The molecule has 0 aromatic heterocycles. The first-order valence-electron chi connectivity index (χ1n) is 6.27. The van der Waals surface area contributed by atoms with Gasteiger partial charge in [0.05, 0.1) is 0 Å². The maximum atomic E-state index is 12.0. The van der Waals surface area contributed by atoms with Crippen molar-refractivity contribution in [3.8, 4) is 0 Å². The standard InChI is InChI=1S/C14H20N2O/c1-10-8-12(15-2)6-7-13(10)14(17)16-9-11-4-3-5-11/h6-8,11,15H,3-5,9H2,1-2H3,(H,16,17). The van der Waals surface area contributed by atoms with E-state index in [0.29, 0.717) is 5.92 Å². The maximum absolute atomic E-state index is 12.0. The lowest BCUT2D eigenvalue weighted by molar-refractivity contribution is 0.0938. The Kier molecular flexibility index (Phi) is 3.67. The summed E-state index contributed by atoms with van der Waals surface area (Å²) in [5.74, 6) is 0.757. The predicted octanol–water partition coefficient (Wildman–Crippen LogP) is 2.57. The van der Waals surface area contributed by atoms with Crippen molar-refractivity contribution in [1.82, 2.24) is 5.32 Å². The van der Waals surface area contributed by atoms with Crippen LogP contribution in [0.2, 0.25) is 0 Å². The van der Waals surface area contributed by atoms with Crippen molar-refractivity contribution in [2.45, 2.75) is 26.2 Å². The number of amides is 1. The third kappa shape index (κ3) is 2.78. The van der Waals surface area contributed by atoms with Gasteiger partial charge in [0.2, 0.25) is 0 Å². The van der Waals surface area contributed by atoms with Crippen LogP contribution in [0.3, 0.4) is 0 Å². The van der Waals surface area contributed by atoms with Gasteiger partial charge in [-0.1, -0.05) is 6.42 Å². The van der Waals surface area contributed by atoms with Gasteiger partial charge in [0.15, 0.2) is 0 Å². The zero-order valence-electron chi connectivity index (χ0n) is 10.5. The van der Waals surface area contributed by atoms with Gasteiger partial charge in [-0.2, -0.15) is 0 Å². The molecule has 1 aliphatic carbocycles. The fourth-order valence-electron chi connectivity index (χ4n) is 2.10. The Morgan fingerprint density at radius 1 is 1.41 bits per heavy atom. The largest absolute Gasteiger partial charge is 0.388 e. The third-order valence-electron chi connectivity index (χ3n) is 3.54. The molecule has 3 heteroatoms. The molecule has 92 valence electrons. The van der Waals surface area contributed by atoms with Gasteiger partial charge in [-0.15, -0.1) is 0 Å². The van der Waals surface area contributed by atoms with Crippen molar-refractivity contribution in [3.63, 3.8) is 0 Å². The molecule has 0 atom stereocenters. The molecule has 1 fully saturated rings. The van der Waals surface area contributed by atoms with Crippen LogP contribution in [-0.4, -0.2) is 19.5 Å². The van der Waals surface area contributed by atoms with E-state index in [-0.39, 0.29) is 5.91 Å². The van der Waals surface area contributed by atoms with E-state index in [2.05, 4.69) is 10.6 Å². The Morgan fingerprint density at radius 2 is 2.18 bits per heavy atom. The molecule has 2 N–H and O–H groups in total. The Bertz CT molecular complexity index is 411. The molecule has 1 saturated carbocycles. The van der Waals surface area contributed by atoms with Crippen molar-refractivity contribution < 1.29 is 4.79 Å². The molecule has 1 aliphatic rings. The first-order chi connectivity index (χ1) is 8.20. The van der Waals surface area contributed by atoms with Crippen LogP contribution in [0.15, 0.2) is 18.2 Å². The summed E-state index contributed by atoms with van der Waals surface area (Å²) in [5, 5.41) is 6.09. The molecule has 2 rings (SSSR count). The van der Waals surface area contributed by atoms with Crippen molar-refractivity contribution in [2.75, 3.05) is 18.9 Å². The number of aryl methyl sites for hydroxylation is 1. The smallest absolute Gasteiger partial charge is 0.251 e. The zero-order valence-corrected chi connectivity index (χ0v) is 10.5. The average molecular weight is 232 g/mol. The van der Waals surface area contributed by atoms with E-state index in [9.17, 15) is 4.79 Å². The predicted molar refractivity (Wildman–Crippen MR) is 70.4 cm³/mol. The van der Waals surface area contributed by atoms with Crippen LogP contribution >= 0.6 is 0 Å². The van der Waals surface area contributed by atoms with Crippen LogP contribution in [0.1, 0.15) is 35.2 Å². The third-order valence-corrected chi connectivity index (χ3v) is 3.54. The van der Waals surface area contributed by atoms with Crippen molar-refractivity contribution >= 4 is 11.6 Å². The summed E-state index contributed by atoms with van der Waals surface area (Å²) in [4.78, 5) is 12.0. The number of hydrogen-bond acceptors (Lipinski definition) is 2. The quantitative estimate of drug-likeness (QED) is 0.837. The van der Waals surface area contributed by atoms with Gasteiger partial charge < -0.3 is 10.6 Å². The second kappa shape index (κ2) is 5.21. The molecule has 1 aromatic carbocycles. The summed E-state index contributed by atoms with van der Waals surface area (Å²) >= 11 is 0. The van der Waals surface area contributed by atoms with Crippen molar-refractivity contribution in [3.05, 3.63) is 29.3 Å². The lowest BCUT2D eigenvalue weighted by Gasteiger charge is -2.25. The molecule has 17 heavy (non-hydrogen) atoms. The van der Waals surface area contributed by atoms with Gasteiger partial charge >= 0.3 is 0 Å². The highest BCUT2D eigenvalue weighted by molar-refractivity contribution is 5.96. The van der Waals surface area contributed by atoms with E-state index in [1.54, 1.807) is 0 Å². The van der Waals surface area contributed by atoms with Gasteiger partial charge in [0.1, 0.15) is 0 Å². The lowest BCUT2D eigenvalue weighted by atomic mass is 9.85. The highest BCUT2D eigenvalue weighted by Gasteiger charge is 2.18.